The van der Waals surface area contributed by atoms with Crippen molar-refractivity contribution in [2.24, 2.45) is 5.92 Å². The maximum atomic E-state index is 3.86. The Hall–Kier alpha value is 0.310. The smallest absolute Gasteiger partial charge is 0.0201 e. The van der Waals surface area contributed by atoms with Crippen LogP contribution >= 0.6 is 11.8 Å². The molecule has 1 heterocycles. The molecule has 0 spiro atoms. The fraction of sp³-hybridized carbons (Fsp3) is 1.00. The monoisotopic (exact) mass is 285 g/mol. The average molecular weight is 286 g/mol. The molecule has 0 radical (unpaired) electrons. The second-order valence-electron chi connectivity index (χ2n) is 6.12. The summed E-state index contributed by atoms with van der Waals surface area (Å²) in [5.74, 6) is 2.33. The number of hydrogen-bond donors (Lipinski definition) is 1. The number of hydrogen-bond acceptors (Lipinski definition) is 2. The van der Waals surface area contributed by atoms with Crippen LogP contribution in [0.3, 0.4) is 0 Å². The van der Waals surface area contributed by atoms with Crippen molar-refractivity contribution in [2.75, 3.05) is 12.3 Å². The summed E-state index contributed by atoms with van der Waals surface area (Å²) in [5.41, 5.74) is 0. The van der Waals surface area contributed by atoms with E-state index in [2.05, 4.69) is 37.8 Å². The Morgan fingerprint density at radius 3 is 2.58 bits per heavy atom. The van der Waals surface area contributed by atoms with Crippen molar-refractivity contribution in [2.45, 2.75) is 89.9 Å². The first-order valence-corrected chi connectivity index (χ1v) is 9.71. The summed E-state index contributed by atoms with van der Waals surface area (Å²) in [5, 5.41) is 4.74. The zero-order valence-electron chi connectivity index (χ0n) is 13.4. The van der Waals surface area contributed by atoms with Gasteiger partial charge in [0.1, 0.15) is 0 Å². The van der Waals surface area contributed by atoms with E-state index in [1.54, 1.807) is 0 Å². The summed E-state index contributed by atoms with van der Waals surface area (Å²) in [6, 6.07) is 0.770. The van der Waals surface area contributed by atoms with Gasteiger partial charge in [0.15, 0.2) is 0 Å². The summed E-state index contributed by atoms with van der Waals surface area (Å²) in [4.78, 5) is 0. The van der Waals surface area contributed by atoms with Gasteiger partial charge in [0.2, 0.25) is 0 Å². The molecule has 0 amide bonds. The fourth-order valence-corrected chi connectivity index (χ4v) is 4.57. The van der Waals surface area contributed by atoms with Crippen molar-refractivity contribution >= 4 is 11.8 Å². The molecule has 114 valence electrons. The molecule has 0 aliphatic carbocycles. The third-order valence-electron chi connectivity index (χ3n) is 4.45. The highest BCUT2D eigenvalue weighted by Crippen LogP contribution is 2.31. The van der Waals surface area contributed by atoms with Gasteiger partial charge in [0.25, 0.3) is 0 Å². The molecule has 1 fully saturated rings. The maximum Gasteiger partial charge on any atom is 0.0201 e. The zero-order chi connectivity index (χ0) is 13.9. The molecular weight excluding hydrogens is 250 g/mol. The summed E-state index contributed by atoms with van der Waals surface area (Å²) in [6.45, 7) is 8.18. The average Bonchev–Trinajstić information content (AvgIpc) is 2.47. The lowest BCUT2D eigenvalue weighted by Gasteiger charge is -2.33. The number of thioether (sulfide) groups is 1. The second-order valence-corrected chi connectivity index (χ2v) is 7.46. The number of nitrogens with one attached hydrogen (secondary N) is 1. The highest BCUT2D eigenvalue weighted by molar-refractivity contribution is 8.00. The van der Waals surface area contributed by atoms with Crippen LogP contribution in [0.4, 0.5) is 0 Å². The first kappa shape index (κ1) is 17.4. The van der Waals surface area contributed by atoms with Crippen LogP contribution < -0.4 is 5.32 Å². The molecule has 3 unspecified atom stereocenters. The quantitative estimate of drug-likeness (QED) is 0.588. The van der Waals surface area contributed by atoms with Gasteiger partial charge in [-0.15, -0.1) is 0 Å². The highest BCUT2D eigenvalue weighted by Gasteiger charge is 2.25. The Morgan fingerprint density at radius 1 is 1.16 bits per heavy atom. The molecule has 3 atom stereocenters. The number of unbranched alkanes of at least 4 members (excludes halogenated alkanes) is 1. The molecule has 0 bridgehead atoms. The van der Waals surface area contributed by atoms with Gasteiger partial charge in [0, 0.05) is 11.3 Å². The molecule has 1 nitrogen and oxygen atoms in total. The third-order valence-corrected chi connectivity index (χ3v) is 5.97. The Bertz CT molecular complexity index is 201. The van der Waals surface area contributed by atoms with Crippen LogP contribution in [0.5, 0.6) is 0 Å². The van der Waals surface area contributed by atoms with Crippen LogP contribution in [0, 0.1) is 5.92 Å². The standard InChI is InChI=1S/C17H35NS/c1-4-7-10-15(6-3)14-16(18-12-5-2)17-11-8-9-13-19-17/h15-18H,4-14H2,1-3H3. The normalized spacial score (nSPS) is 23.2. The van der Waals surface area contributed by atoms with Gasteiger partial charge in [-0.3, -0.25) is 0 Å². The van der Waals surface area contributed by atoms with Gasteiger partial charge in [-0.2, -0.15) is 11.8 Å². The highest BCUT2D eigenvalue weighted by atomic mass is 32.2. The predicted molar refractivity (Wildman–Crippen MR) is 90.1 cm³/mol. The predicted octanol–water partition coefficient (Wildman–Crippen LogP) is 5.25. The lowest BCUT2D eigenvalue weighted by atomic mass is 9.89. The minimum atomic E-state index is 0.770. The van der Waals surface area contributed by atoms with E-state index in [9.17, 15) is 0 Å². The van der Waals surface area contributed by atoms with E-state index < -0.39 is 0 Å². The van der Waals surface area contributed by atoms with Crippen molar-refractivity contribution in [3.05, 3.63) is 0 Å². The Labute approximate surface area is 125 Å². The van der Waals surface area contributed by atoms with E-state index in [1.165, 1.54) is 70.1 Å². The molecule has 1 aliphatic rings. The molecule has 0 aromatic heterocycles. The second kappa shape index (κ2) is 11.0. The van der Waals surface area contributed by atoms with Gasteiger partial charge in [0.05, 0.1) is 0 Å². The van der Waals surface area contributed by atoms with E-state index >= 15 is 0 Å². The molecule has 1 aliphatic heterocycles. The molecule has 1 saturated heterocycles. The summed E-state index contributed by atoms with van der Waals surface area (Å²) < 4.78 is 0. The molecule has 0 saturated carbocycles. The van der Waals surface area contributed by atoms with E-state index in [-0.39, 0.29) is 0 Å². The van der Waals surface area contributed by atoms with Crippen molar-refractivity contribution in [1.82, 2.24) is 5.32 Å². The largest absolute Gasteiger partial charge is 0.313 e. The third kappa shape index (κ3) is 7.04. The summed E-state index contributed by atoms with van der Waals surface area (Å²) >= 11 is 2.24. The Morgan fingerprint density at radius 2 is 2.00 bits per heavy atom. The molecular formula is C17H35NS. The SMILES string of the molecule is CCCCC(CC)CC(NCCC)C1CCCCS1. The molecule has 0 aromatic rings. The van der Waals surface area contributed by atoms with E-state index in [1.807, 2.05) is 0 Å². The van der Waals surface area contributed by atoms with Crippen LogP contribution in [0.2, 0.25) is 0 Å². The van der Waals surface area contributed by atoms with Crippen LogP contribution in [0.25, 0.3) is 0 Å². The lowest BCUT2D eigenvalue weighted by molar-refractivity contribution is 0.335. The van der Waals surface area contributed by atoms with Crippen molar-refractivity contribution < 1.29 is 0 Å². The Balaban J connectivity index is 2.45. The van der Waals surface area contributed by atoms with Crippen molar-refractivity contribution in [3.8, 4) is 0 Å². The van der Waals surface area contributed by atoms with Crippen molar-refractivity contribution in [3.63, 3.8) is 0 Å². The van der Waals surface area contributed by atoms with Gasteiger partial charge in [-0.05, 0) is 43.9 Å². The Kier molecular flexibility index (Phi) is 10.1. The first-order valence-electron chi connectivity index (χ1n) is 8.66. The van der Waals surface area contributed by atoms with Crippen LogP contribution in [0.1, 0.15) is 78.6 Å². The van der Waals surface area contributed by atoms with E-state index in [4.69, 9.17) is 0 Å². The minimum absolute atomic E-state index is 0.770. The van der Waals surface area contributed by atoms with Gasteiger partial charge < -0.3 is 5.32 Å². The molecule has 19 heavy (non-hydrogen) atoms. The van der Waals surface area contributed by atoms with E-state index in [0.29, 0.717) is 0 Å². The van der Waals surface area contributed by atoms with E-state index in [0.717, 1.165) is 17.2 Å². The zero-order valence-corrected chi connectivity index (χ0v) is 14.2. The van der Waals surface area contributed by atoms with Crippen LogP contribution in [-0.4, -0.2) is 23.6 Å². The maximum absolute atomic E-state index is 3.86. The van der Waals surface area contributed by atoms with Crippen LogP contribution in [-0.2, 0) is 0 Å². The summed E-state index contributed by atoms with van der Waals surface area (Å²) in [6.07, 6.45) is 12.6. The lowest BCUT2D eigenvalue weighted by Crippen LogP contribution is -2.41. The molecule has 1 N–H and O–H groups in total. The first-order chi connectivity index (χ1) is 9.31. The topological polar surface area (TPSA) is 12.0 Å². The molecule has 0 aromatic carbocycles. The van der Waals surface area contributed by atoms with Gasteiger partial charge in [-0.1, -0.05) is 52.9 Å². The summed E-state index contributed by atoms with van der Waals surface area (Å²) in [7, 11) is 0. The molecule has 2 heteroatoms. The van der Waals surface area contributed by atoms with Gasteiger partial charge in [-0.25, -0.2) is 0 Å². The number of rotatable bonds is 10. The molecule has 1 rings (SSSR count). The fourth-order valence-electron chi connectivity index (χ4n) is 3.12. The van der Waals surface area contributed by atoms with Crippen LogP contribution in [0.15, 0.2) is 0 Å². The van der Waals surface area contributed by atoms with Crippen molar-refractivity contribution in [1.29, 1.82) is 0 Å². The minimum Gasteiger partial charge on any atom is -0.313 e. The van der Waals surface area contributed by atoms with Gasteiger partial charge >= 0.3 is 0 Å².